The molecule has 3 aromatic rings. The van der Waals surface area contributed by atoms with E-state index in [4.69, 9.17) is 0 Å². The summed E-state index contributed by atoms with van der Waals surface area (Å²) in [4.78, 5) is 12.0. The average Bonchev–Trinajstić information content (AvgIpc) is 2.95. The van der Waals surface area contributed by atoms with Crippen LogP contribution >= 0.6 is 15.9 Å². The highest BCUT2D eigenvalue weighted by atomic mass is 79.9. The van der Waals surface area contributed by atoms with Crippen LogP contribution in [0, 0.1) is 0 Å². The van der Waals surface area contributed by atoms with Gasteiger partial charge in [-0.2, -0.15) is 5.10 Å². The normalized spacial score (nSPS) is 11.1. The second-order valence-corrected chi connectivity index (χ2v) is 5.44. The van der Waals surface area contributed by atoms with Gasteiger partial charge < -0.3 is 5.32 Å². The number of benzene rings is 2. The van der Waals surface area contributed by atoms with Gasteiger partial charge in [0.1, 0.15) is 0 Å². The SMILES string of the molecule is O=C(/C=C\Nc1ccc2[nH]ncc2c1)c1ccc(Br)cc1. The number of rotatable bonds is 4. The molecule has 0 aliphatic heterocycles. The molecule has 0 unspecified atom stereocenters. The molecule has 0 saturated heterocycles. The number of hydrogen-bond acceptors (Lipinski definition) is 3. The van der Waals surface area contributed by atoms with E-state index in [1.807, 2.05) is 30.3 Å². The molecule has 0 amide bonds. The van der Waals surface area contributed by atoms with E-state index in [2.05, 4.69) is 31.4 Å². The number of aromatic amines is 1. The topological polar surface area (TPSA) is 57.8 Å². The summed E-state index contributed by atoms with van der Waals surface area (Å²) in [5, 5.41) is 11.0. The summed E-state index contributed by atoms with van der Waals surface area (Å²) in [5.74, 6) is -0.0422. The molecule has 1 heterocycles. The first kappa shape index (κ1) is 13.6. The number of carbonyl (C=O) groups excluding carboxylic acids is 1. The Morgan fingerprint density at radius 2 is 2.00 bits per heavy atom. The van der Waals surface area contributed by atoms with Crippen LogP contribution in [-0.2, 0) is 0 Å². The van der Waals surface area contributed by atoms with Crippen LogP contribution < -0.4 is 5.32 Å². The molecule has 3 rings (SSSR count). The number of H-pyrrole nitrogens is 1. The fourth-order valence-corrected chi connectivity index (χ4v) is 2.22. The quantitative estimate of drug-likeness (QED) is 0.554. The van der Waals surface area contributed by atoms with Crippen LogP contribution in [0.5, 0.6) is 0 Å². The first-order chi connectivity index (χ1) is 10.2. The van der Waals surface area contributed by atoms with Gasteiger partial charge >= 0.3 is 0 Å². The number of halogens is 1. The Morgan fingerprint density at radius 3 is 2.81 bits per heavy atom. The predicted octanol–water partition coefficient (Wildman–Crippen LogP) is 4.13. The molecule has 0 aliphatic rings. The average molecular weight is 342 g/mol. The van der Waals surface area contributed by atoms with Gasteiger partial charge in [0.15, 0.2) is 5.78 Å². The number of aromatic nitrogens is 2. The van der Waals surface area contributed by atoms with Gasteiger partial charge in [-0.25, -0.2) is 0 Å². The summed E-state index contributed by atoms with van der Waals surface area (Å²) < 4.78 is 0.953. The van der Waals surface area contributed by atoms with E-state index in [1.165, 1.54) is 6.08 Å². The van der Waals surface area contributed by atoms with Crippen LogP contribution in [0.1, 0.15) is 10.4 Å². The number of allylic oxidation sites excluding steroid dienone is 1. The molecule has 21 heavy (non-hydrogen) atoms. The van der Waals surface area contributed by atoms with Crippen molar-refractivity contribution in [3.05, 3.63) is 71.0 Å². The second-order valence-electron chi connectivity index (χ2n) is 4.52. The number of anilines is 1. The van der Waals surface area contributed by atoms with Gasteiger partial charge in [-0.3, -0.25) is 9.89 Å². The molecule has 0 spiro atoms. The molecule has 0 saturated carbocycles. The van der Waals surface area contributed by atoms with Crippen LogP contribution in [-0.4, -0.2) is 16.0 Å². The third-order valence-corrected chi connectivity index (χ3v) is 3.58. The van der Waals surface area contributed by atoms with Crippen molar-refractivity contribution in [2.75, 3.05) is 5.32 Å². The Bertz CT molecular complexity index is 806. The smallest absolute Gasteiger partial charge is 0.187 e. The van der Waals surface area contributed by atoms with Crippen molar-refractivity contribution in [3.63, 3.8) is 0 Å². The van der Waals surface area contributed by atoms with Gasteiger partial charge in [0.05, 0.1) is 11.7 Å². The molecule has 104 valence electrons. The molecule has 0 atom stereocenters. The van der Waals surface area contributed by atoms with Gasteiger partial charge in [-0.15, -0.1) is 0 Å². The van der Waals surface area contributed by atoms with E-state index in [0.717, 1.165) is 21.1 Å². The highest BCUT2D eigenvalue weighted by molar-refractivity contribution is 9.10. The first-order valence-corrected chi connectivity index (χ1v) is 7.18. The Kier molecular flexibility index (Phi) is 3.83. The standard InChI is InChI=1S/C16H12BrN3O/c17-13-3-1-11(2-4-13)16(21)7-8-18-14-5-6-15-12(9-14)10-19-20-15/h1-10,18H,(H,19,20)/b8-7-. The lowest BCUT2D eigenvalue weighted by molar-refractivity contribution is 0.104. The van der Waals surface area contributed by atoms with E-state index < -0.39 is 0 Å². The van der Waals surface area contributed by atoms with Gasteiger partial charge in [-0.05, 0) is 42.5 Å². The summed E-state index contributed by atoms with van der Waals surface area (Å²) in [7, 11) is 0. The number of nitrogens with one attached hydrogen (secondary N) is 2. The Balaban J connectivity index is 1.68. The fourth-order valence-electron chi connectivity index (χ4n) is 1.96. The maximum Gasteiger partial charge on any atom is 0.187 e. The monoisotopic (exact) mass is 341 g/mol. The zero-order valence-electron chi connectivity index (χ0n) is 11.0. The van der Waals surface area contributed by atoms with Crippen LogP contribution in [0.4, 0.5) is 5.69 Å². The lowest BCUT2D eigenvalue weighted by atomic mass is 10.1. The van der Waals surface area contributed by atoms with Gasteiger partial charge in [0.2, 0.25) is 0 Å². The minimum atomic E-state index is -0.0422. The third kappa shape index (κ3) is 3.20. The van der Waals surface area contributed by atoms with E-state index in [0.29, 0.717) is 5.56 Å². The van der Waals surface area contributed by atoms with Crippen molar-refractivity contribution < 1.29 is 4.79 Å². The van der Waals surface area contributed by atoms with Crippen molar-refractivity contribution >= 4 is 38.3 Å². The maximum atomic E-state index is 12.0. The second kappa shape index (κ2) is 5.93. The number of hydrogen-bond donors (Lipinski definition) is 2. The van der Waals surface area contributed by atoms with E-state index in [-0.39, 0.29) is 5.78 Å². The first-order valence-electron chi connectivity index (χ1n) is 6.38. The summed E-state index contributed by atoms with van der Waals surface area (Å²) in [6.07, 6.45) is 4.92. The van der Waals surface area contributed by atoms with Crippen molar-refractivity contribution in [1.82, 2.24) is 10.2 Å². The van der Waals surface area contributed by atoms with Gasteiger partial charge in [0, 0.05) is 33.4 Å². The van der Waals surface area contributed by atoms with Crippen molar-refractivity contribution in [3.8, 4) is 0 Å². The number of nitrogens with zero attached hydrogens (tertiary/aromatic N) is 1. The summed E-state index contributed by atoms with van der Waals surface area (Å²) >= 11 is 3.34. The minimum Gasteiger partial charge on any atom is -0.362 e. The largest absolute Gasteiger partial charge is 0.362 e. The van der Waals surface area contributed by atoms with Crippen LogP contribution in [0.15, 0.2) is 65.4 Å². The molecular weight excluding hydrogens is 330 g/mol. The molecule has 5 heteroatoms. The Labute approximate surface area is 130 Å². The predicted molar refractivity (Wildman–Crippen MR) is 87.3 cm³/mol. The highest BCUT2D eigenvalue weighted by Gasteiger charge is 2.01. The lowest BCUT2D eigenvalue weighted by Crippen LogP contribution is -1.95. The van der Waals surface area contributed by atoms with Gasteiger partial charge in [-0.1, -0.05) is 15.9 Å². The van der Waals surface area contributed by atoms with E-state index in [9.17, 15) is 4.79 Å². The van der Waals surface area contributed by atoms with Crippen molar-refractivity contribution in [2.45, 2.75) is 0 Å². The molecule has 0 fully saturated rings. The van der Waals surface area contributed by atoms with E-state index in [1.54, 1.807) is 24.5 Å². The number of fused-ring (bicyclic) bond motifs is 1. The van der Waals surface area contributed by atoms with Crippen molar-refractivity contribution in [1.29, 1.82) is 0 Å². The molecule has 0 bridgehead atoms. The molecule has 1 aromatic heterocycles. The van der Waals surface area contributed by atoms with E-state index >= 15 is 0 Å². The summed E-state index contributed by atoms with van der Waals surface area (Å²) in [5.41, 5.74) is 2.54. The molecule has 0 aliphatic carbocycles. The van der Waals surface area contributed by atoms with Crippen LogP contribution in [0.2, 0.25) is 0 Å². The number of carbonyl (C=O) groups is 1. The zero-order valence-corrected chi connectivity index (χ0v) is 12.6. The molecular formula is C16H12BrN3O. The summed E-state index contributed by atoms with van der Waals surface area (Å²) in [6, 6.07) is 13.1. The molecule has 0 radical (unpaired) electrons. The Hall–Kier alpha value is -2.40. The molecule has 2 aromatic carbocycles. The maximum absolute atomic E-state index is 12.0. The van der Waals surface area contributed by atoms with Crippen molar-refractivity contribution in [2.24, 2.45) is 0 Å². The molecule has 2 N–H and O–H groups in total. The third-order valence-electron chi connectivity index (χ3n) is 3.05. The van der Waals surface area contributed by atoms with Crippen LogP contribution in [0.3, 0.4) is 0 Å². The lowest BCUT2D eigenvalue weighted by Gasteiger charge is -2.00. The molecule has 4 nitrogen and oxygen atoms in total. The van der Waals surface area contributed by atoms with Crippen LogP contribution in [0.25, 0.3) is 10.9 Å². The highest BCUT2D eigenvalue weighted by Crippen LogP contribution is 2.16. The zero-order chi connectivity index (χ0) is 14.7. The minimum absolute atomic E-state index is 0.0422. The number of ketones is 1. The summed E-state index contributed by atoms with van der Waals surface area (Å²) in [6.45, 7) is 0. The Morgan fingerprint density at radius 1 is 1.19 bits per heavy atom. The fraction of sp³-hybridized carbons (Fsp3) is 0. The van der Waals surface area contributed by atoms with Gasteiger partial charge in [0.25, 0.3) is 0 Å².